The van der Waals surface area contributed by atoms with Crippen LogP contribution in [0.3, 0.4) is 0 Å². The van der Waals surface area contributed by atoms with Crippen molar-refractivity contribution in [3.05, 3.63) is 42.0 Å². The van der Waals surface area contributed by atoms with Gasteiger partial charge >= 0.3 is 6.18 Å². The van der Waals surface area contributed by atoms with Gasteiger partial charge in [-0.2, -0.15) is 13.2 Å². The normalized spacial score (nSPS) is 11.9. The second kappa shape index (κ2) is 3.15. The lowest BCUT2D eigenvalue weighted by Gasteiger charge is -2.10. The molecule has 77 valence electrons. The highest BCUT2D eigenvalue weighted by atomic mass is 19.4. The van der Waals surface area contributed by atoms with Gasteiger partial charge in [-0.25, -0.2) is 0 Å². The van der Waals surface area contributed by atoms with Crippen molar-refractivity contribution in [2.75, 3.05) is 0 Å². The Morgan fingerprint density at radius 1 is 0.933 bits per heavy atom. The Kier molecular flexibility index (Phi) is 2.07. The Morgan fingerprint density at radius 3 is 2.13 bits per heavy atom. The average Bonchev–Trinajstić information content (AvgIpc) is 2.16. The standard InChI is InChI=1S/C11H6F3O/c12-11(13,14)8-5-1-3-7-4-2-6-9(15)10(7)8/h1-6H. The Morgan fingerprint density at radius 2 is 1.53 bits per heavy atom. The first kappa shape index (κ1) is 9.83. The van der Waals surface area contributed by atoms with E-state index < -0.39 is 17.5 Å². The van der Waals surface area contributed by atoms with E-state index in [0.717, 1.165) is 12.1 Å². The lowest BCUT2D eigenvalue weighted by molar-refractivity contribution is -0.136. The third kappa shape index (κ3) is 1.63. The summed E-state index contributed by atoms with van der Waals surface area (Å²) >= 11 is 0. The van der Waals surface area contributed by atoms with E-state index in [4.69, 9.17) is 0 Å². The first-order valence-corrected chi connectivity index (χ1v) is 4.26. The van der Waals surface area contributed by atoms with Crippen LogP contribution in [0.2, 0.25) is 0 Å². The minimum absolute atomic E-state index is 0.257. The molecule has 0 aliphatic rings. The first-order chi connectivity index (χ1) is 7.00. The van der Waals surface area contributed by atoms with E-state index >= 15 is 0 Å². The molecule has 0 amide bonds. The fraction of sp³-hybridized carbons (Fsp3) is 0.0909. The van der Waals surface area contributed by atoms with E-state index in [9.17, 15) is 18.3 Å². The van der Waals surface area contributed by atoms with Crippen molar-refractivity contribution in [2.24, 2.45) is 0 Å². The number of hydrogen-bond acceptors (Lipinski definition) is 0. The van der Waals surface area contributed by atoms with E-state index in [1.165, 1.54) is 24.3 Å². The largest absolute Gasteiger partial charge is 0.417 e. The summed E-state index contributed by atoms with van der Waals surface area (Å²) < 4.78 is 37.7. The summed E-state index contributed by atoms with van der Waals surface area (Å²) in [6.45, 7) is 0. The van der Waals surface area contributed by atoms with Gasteiger partial charge in [-0.15, -0.1) is 0 Å². The summed E-state index contributed by atoms with van der Waals surface area (Å²) in [5, 5.41) is 11.4. The van der Waals surface area contributed by atoms with Gasteiger partial charge in [0.25, 0.3) is 0 Å². The van der Waals surface area contributed by atoms with E-state index in [-0.39, 0.29) is 5.39 Å². The van der Waals surface area contributed by atoms with Gasteiger partial charge in [-0.05, 0) is 17.5 Å². The molecule has 0 aliphatic carbocycles. The second-order valence-corrected chi connectivity index (χ2v) is 3.16. The zero-order chi connectivity index (χ0) is 11.1. The molecule has 0 bridgehead atoms. The highest BCUT2D eigenvalue weighted by Gasteiger charge is 2.33. The summed E-state index contributed by atoms with van der Waals surface area (Å²) in [6, 6.07) is 7.79. The number of fused-ring (bicyclic) bond motifs is 1. The van der Waals surface area contributed by atoms with Crippen molar-refractivity contribution >= 4 is 10.8 Å². The predicted molar refractivity (Wildman–Crippen MR) is 49.1 cm³/mol. The van der Waals surface area contributed by atoms with E-state index in [0.29, 0.717) is 5.39 Å². The number of hydrogen-bond donors (Lipinski definition) is 0. The van der Waals surface area contributed by atoms with Crippen LogP contribution < -0.4 is 0 Å². The van der Waals surface area contributed by atoms with Crippen molar-refractivity contribution in [3.8, 4) is 5.75 Å². The molecule has 2 rings (SSSR count). The zero-order valence-corrected chi connectivity index (χ0v) is 7.51. The van der Waals surface area contributed by atoms with Crippen LogP contribution in [0, 0.1) is 0 Å². The third-order valence-electron chi connectivity index (χ3n) is 2.17. The molecule has 0 aromatic heterocycles. The highest BCUT2D eigenvalue weighted by Crippen LogP contribution is 2.38. The molecule has 0 unspecified atom stereocenters. The van der Waals surface area contributed by atoms with Crippen molar-refractivity contribution in [1.82, 2.24) is 0 Å². The van der Waals surface area contributed by atoms with E-state index in [2.05, 4.69) is 0 Å². The molecule has 0 spiro atoms. The van der Waals surface area contributed by atoms with Gasteiger partial charge in [-0.3, -0.25) is 5.11 Å². The summed E-state index contributed by atoms with van der Waals surface area (Å²) in [6.07, 6.45) is -4.49. The van der Waals surface area contributed by atoms with Gasteiger partial charge in [0.15, 0.2) is 5.75 Å². The first-order valence-electron chi connectivity index (χ1n) is 4.26. The minimum Gasteiger partial charge on any atom is -0.289 e. The average molecular weight is 211 g/mol. The predicted octanol–water partition coefficient (Wildman–Crippen LogP) is 4.00. The Bertz CT molecular complexity index is 497. The van der Waals surface area contributed by atoms with Crippen LogP contribution in [-0.2, 0) is 11.3 Å². The maximum Gasteiger partial charge on any atom is 0.417 e. The molecule has 0 atom stereocenters. The molecule has 0 saturated carbocycles. The molecule has 0 N–H and O–H groups in total. The zero-order valence-electron chi connectivity index (χ0n) is 7.51. The molecule has 1 radical (unpaired) electrons. The molecule has 0 fully saturated rings. The van der Waals surface area contributed by atoms with Crippen molar-refractivity contribution in [3.63, 3.8) is 0 Å². The van der Waals surface area contributed by atoms with Gasteiger partial charge in [0.1, 0.15) is 0 Å². The van der Waals surface area contributed by atoms with Crippen LogP contribution in [0.15, 0.2) is 36.4 Å². The quantitative estimate of drug-likeness (QED) is 0.627. The van der Waals surface area contributed by atoms with Crippen LogP contribution in [0.4, 0.5) is 13.2 Å². The summed E-state index contributed by atoms with van der Waals surface area (Å²) in [5.41, 5.74) is -0.870. The lowest BCUT2D eigenvalue weighted by atomic mass is 10.0. The molecule has 15 heavy (non-hydrogen) atoms. The number of alkyl halides is 3. The van der Waals surface area contributed by atoms with E-state index in [1.54, 1.807) is 0 Å². The number of halogens is 3. The van der Waals surface area contributed by atoms with Gasteiger partial charge in [-0.1, -0.05) is 24.3 Å². The van der Waals surface area contributed by atoms with Gasteiger partial charge in [0, 0.05) is 5.39 Å². The third-order valence-corrected chi connectivity index (χ3v) is 2.17. The van der Waals surface area contributed by atoms with Crippen LogP contribution >= 0.6 is 0 Å². The topological polar surface area (TPSA) is 19.9 Å². The van der Waals surface area contributed by atoms with Gasteiger partial charge in [0.2, 0.25) is 0 Å². The van der Waals surface area contributed by atoms with Crippen LogP contribution in [0.25, 0.3) is 10.8 Å². The molecule has 1 nitrogen and oxygen atoms in total. The molecule has 0 aliphatic heterocycles. The van der Waals surface area contributed by atoms with Crippen LogP contribution in [0.5, 0.6) is 5.75 Å². The van der Waals surface area contributed by atoms with Crippen molar-refractivity contribution in [2.45, 2.75) is 6.18 Å². The second-order valence-electron chi connectivity index (χ2n) is 3.16. The fourth-order valence-corrected chi connectivity index (χ4v) is 1.54. The van der Waals surface area contributed by atoms with Crippen molar-refractivity contribution in [1.29, 1.82) is 0 Å². The maximum absolute atomic E-state index is 12.6. The molecule has 2 aromatic rings. The van der Waals surface area contributed by atoms with Crippen LogP contribution in [-0.4, -0.2) is 0 Å². The summed E-state index contributed by atoms with van der Waals surface area (Å²) in [7, 11) is 0. The van der Waals surface area contributed by atoms with E-state index in [1.807, 2.05) is 0 Å². The number of benzene rings is 2. The molecule has 0 saturated heterocycles. The number of rotatable bonds is 0. The monoisotopic (exact) mass is 211 g/mol. The summed E-state index contributed by atoms with van der Waals surface area (Å²) in [4.78, 5) is 0. The molecule has 0 heterocycles. The van der Waals surface area contributed by atoms with Gasteiger partial charge < -0.3 is 0 Å². The molecule has 2 aromatic carbocycles. The molecular formula is C11H6F3O. The van der Waals surface area contributed by atoms with Crippen molar-refractivity contribution < 1.29 is 18.3 Å². The highest BCUT2D eigenvalue weighted by molar-refractivity contribution is 5.91. The SMILES string of the molecule is [O]c1cccc2cccc(C(F)(F)F)c12. The summed E-state index contributed by atoms with van der Waals surface area (Å²) in [5.74, 6) is -0.597. The Hall–Kier alpha value is -1.71. The smallest absolute Gasteiger partial charge is 0.289 e. The molecular weight excluding hydrogens is 205 g/mol. The van der Waals surface area contributed by atoms with Crippen LogP contribution in [0.1, 0.15) is 5.56 Å². The Labute approximate surface area is 83.8 Å². The Balaban J connectivity index is 2.86. The minimum atomic E-state index is -4.49. The van der Waals surface area contributed by atoms with Gasteiger partial charge in [0.05, 0.1) is 5.56 Å². The maximum atomic E-state index is 12.6. The fourth-order valence-electron chi connectivity index (χ4n) is 1.54. The molecule has 4 heteroatoms. The lowest BCUT2D eigenvalue weighted by Crippen LogP contribution is -2.05.